The van der Waals surface area contributed by atoms with Gasteiger partial charge >= 0.3 is 5.69 Å². The molecule has 0 radical (unpaired) electrons. The first-order valence-corrected chi connectivity index (χ1v) is 12.9. The Morgan fingerprint density at radius 1 is 1.18 bits per heavy atom. The van der Waals surface area contributed by atoms with Gasteiger partial charge in [-0.05, 0) is 46.3 Å². The Morgan fingerprint density at radius 3 is 2.61 bits per heavy atom. The topological polar surface area (TPSA) is 123 Å². The third-order valence-electron chi connectivity index (χ3n) is 5.55. The van der Waals surface area contributed by atoms with Gasteiger partial charge in [-0.15, -0.1) is 0 Å². The van der Waals surface area contributed by atoms with Crippen molar-refractivity contribution in [2.75, 3.05) is 0 Å². The number of hydrogen-bond donors (Lipinski definition) is 0. The number of halogens is 2. The van der Waals surface area contributed by atoms with Gasteiger partial charge in [-0.3, -0.25) is 14.9 Å². The van der Waals surface area contributed by atoms with Crippen LogP contribution < -0.4 is 10.3 Å². The molecule has 0 amide bonds. The van der Waals surface area contributed by atoms with Crippen molar-refractivity contribution in [3.8, 4) is 11.8 Å². The van der Waals surface area contributed by atoms with Gasteiger partial charge in [0.25, 0.3) is 5.56 Å². The fourth-order valence-corrected chi connectivity index (χ4v) is 4.67. The van der Waals surface area contributed by atoms with Crippen LogP contribution in [-0.2, 0) is 12.0 Å². The van der Waals surface area contributed by atoms with Crippen LogP contribution in [0.3, 0.4) is 0 Å². The highest BCUT2D eigenvalue weighted by Crippen LogP contribution is 2.37. The van der Waals surface area contributed by atoms with E-state index >= 15 is 0 Å². The number of nitrogens with zero attached hydrogens (tertiary/aromatic N) is 5. The van der Waals surface area contributed by atoms with Crippen molar-refractivity contribution in [3.63, 3.8) is 0 Å². The van der Waals surface area contributed by atoms with Crippen LogP contribution in [0.25, 0.3) is 10.9 Å². The number of benzene rings is 3. The summed E-state index contributed by atoms with van der Waals surface area (Å²) in [6, 6.07) is 17.1. The lowest BCUT2D eigenvalue weighted by Gasteiger charge is -2.20. The summed E-state index contributed by atoms with van der Waals surface area (Å²) in [5.41, 5.74) is 0.780. The number of nitro benzene ring substituents is 1. The van der Waals surface area contributed by atoms with Gasteiger partial charge in [-0.1, -0.05) is 54.9 Å². The summed E-state index contributed by atoms with van der Waals surface area (Å²) < 4.78 is 8.04. The molecule has 0 fully saturated rings. The van der Waals surface area contributed by atoms with Crippen molar-refractivity contribution >= 4 is 54.7 Å². The number of nitriles is 1. The fourth-order valence-electron chi connectivity index (χ4n) is 3.72. The van der Waals surface area contributed by atoms with E-state index in [9.17, 15) is 20.2 Å². The summed E-state index contributed by atoms with van der Waals surface area (Å²) in [7, 11) is 0. The highest BCUT2D eigenvalue weighted by atomic mass is 79.9. The molecule has 0 N–H and O–H groups in total. The molecule has 0 unspecified atom stereocenters. The molecule has 0 spiro atoms. The van der Waals surface area contributed by atoms with E-state index in [-0.39, 0.29) is 23.6 Å². The average molecular weight is 639 g/mol. The van der Waals surface area contributed by atoms with E-state index in [0.717, 1.165) is 4.47 Å². The summed E-state index contributed by atoms with van der Waals surface area (Å²) in [4.78, 5) is 29.4. The number of nitro groups is 1. The van der Waals surface area contributed by atoms with Crippen LogP contribution in [0.2, 0.25) is 0 Å². The maximum absolute atomic E-state index is 13.4. The molecule has 0 aliphatic heterocycles. The molecule has 11 heteroatoms. The lowest BCUT2D eigenvalue weighted by Crippen LogP contribution is -2.29. The smallest absolute Gasteiger partial charge is 0.312 e. The molecular formula is C27H21Br2N5O4. The SMILES string of the molecule is CC(C)(C)c1nc2ccc(Br)cc2c(=O)n1N=Cc1cc(Br)c(OCc2ccccc2C#N)c([N+](=O)[O-])c1. The Bertz CT molecular complexity index is 1700. The Hall–Kier alpha value is -3.88. The monoisotopic (exact) mass is 637 g/mol. The maximum Gasteiger partial charge on any atom is 0.312 e. The Kier molecular flexibility index (Phi) is 7.76. The molecule has 38 heavy (non-hydrogen) atoms. The molecule has 4 aromatic rings. The minimum absolute atomic E-state index is 0.0182. The zero-order valence-corrected chi connectivity index (χ0v) is 23.8. The second kappa shape index (κ2) is 10.8. The standard InChI is InChI=1S/C27H21Br2N5O4/c1-27(2,3)26-32-22-9-8-19(28)12-20(22)25(35)33(26)31-14-16-10-21(29)24(23(11-16)34(36)37)38-15-18-7-5-4-6-17(18)13-30/h4-12,14H,15H2,1-3H3. The van der Waals surface area contributed by atoms with Gasteiger partial charge in [0.15, 0.2) is 0 Å². The van der Waals surface area contributed by atoms with E-state index in [1.54, 1.807) is 42.5 Å². The lowest BCUT2D eigenvalue weighted by molar-refractivity contribution is -0.386. The predicted octanol–water partition coefficient (Wildman–Crippen LogP) is 6.46. The summed E-state index contributed by atoms with van der Waals surface area (Å²) in [6.07, 6.45) is 1.37. The van der Waals surface area contributed by atoms with Crippen molar-refractivity contribution in [1.82, 2.24) is 9.66 Å². The molecular weight excluding hydrogens is 618 g/mol. The Labute approximate surface area is 234 Å². The summed E-state index contributed by atoms with van der Waals surface area (Å²) in [5, 5.41) is 26.0. The van der Waals surface area contributed by atoms with E-state index in [0.29, 0.717) is 37.9 Å². The number of rotatable bonds is 6. The quantitative estimate of drug-likeness (QED) is 0.136. The van der Waals surface area contributed by atoms with Crippen LogP contribution in [0.4, 0.5) is 5.69 Å². The lowest BCUT2D eigenvalue weighted by atomic mass is 9.95. The largest absolute Gasteiger partial charge is 0.481 e. The van der Waals surface area contributed by atoms with E-state index in [2.05, 4.69) is 48.0 Å². The van der Waals surface area contributed by atoms with E-state index in [1.807, 2.05) is 26.8 Å². The second-order valence-electron chi connectivity index (χ2n) is 9.37. The van der Waals surface area contributed by atoms with Crippen LogP contribution in [0.1, 0.15) is 43.3 Å². The van der Waals surface area contributed by atoms with Crippen LogP contribution in [-0.4, -0.2) is 20.8 Å². The zero-order chi connectivity index (χ0) is 27.6. The van der Waals surface area contributed by atoms with Crippen molar-refractivity contribution < 1.29 is 9.66 Å². The molecule has 4 rings (SSSR count). The van der Waals surface area contributed by atoms with Gasteiger partial charge < -0.3 is 4.74 Å². The average Bonchev–Trinajstić information content (AvgIpc) is 2.87. The van der Waals surface area contributed by atoms with Gasteiger partial charge in [-0.2, -0.15) is 15.0 Å². The first-order chi connectivity index (χ1) is 18.0. The van der Waals surface area contributed by atoms with E-state index in [1.165, 1.54) is 17.0 Å². The van der Waals surface area contributed by atoms with Crippen LogP contribution >= 0.6 is 31.9 Å². The molecule has 0 saturated heterocycles. The fraction of sp³-hybridized carbons (Fsp3) is 0.185. The second-order valence-corrected chi connectivity index (χ2v) is 11.1. The molecule has 3 aromatic carbocycles. The normalized spacial score (nSPS) is 11.6. The molecule has 0 bridgehead atoms. The summed E-state index contributed by atoms with van der Waals surface area (Å²) >= 11 is 6.75. The van der Waals surface area contributed by atoms with E-state index in [4.69, 9.17) is 4.74 Å². The van der Waals surface area contributed by atoms with Gasteiger partial charge in [0.1, 0.15) is 12.4 Å². The van der Waals surface area contributed by atoms with Crippen LogP contribution in [0, 0.1) is 21.4 Å². The number of hydrogen-bond acceptors (Lipinski definition) is 7. The molecule has 0 saturated carbocycles. The maximum atomic E-state index is 13.4. The molecule has 1 aromatic heterocycles. The molecule has 1 heterocycles. The Balaban J connectivity index is 1.76. The minimum Gasteiger partial charge on any atom is -0.481 e. The zero-order valence-electron chi connectivity index (χ0n) is 20.6. The highest BCUT2D eigenvalue weighted by Gasteiger charge is 2.24. The first-order valence-electron chi connectivity index (χ1n) is 11.4. The highest BCUT2D eigenvalue weighted by molar-refractivity contribution is 9.10. The first kappa shape index (κ1) is 27.2. The predicted molar refractivity (Wildman–Crippen MR) is 152 cm³/mol. The summed E-state index contributed by atoms with van der Waals surface area (Å²) in [6.45, 7) is 5.73. The van der Waals surface area contributed by atoms with Gasteiger partial charge in [0.05, 0.1) is 38.1 Å². The molecule has 192 valence electrons. The third-order valence-corrected chi connectivity index (χ3v) is 6.64. The minimum atomic E-state index is -0.560. The van der Waals surface area contributed by atoms with Gasteiger partial charge in [-0.25, -0.2) is 4.98 Å². The molecule has 0 aliphatic rings. The number of aromatic nitrogens is 2. The Morgan fingerprint density at radius 2 is 1.92 bits per heavy atom. The van der Waals surface area contributed by atoms with Crippen LogP contribution in [0.5, 0.6) is 5.75 Å². The summed E-state index contributed by atoms with van der Waals surface area (Å²) in [5.74, 6) is 0.461. The number of fused-ring (bicyclic) bond motifs is 1. The third kappa shape index (κ3) is 5.66. The molecule has 0 aliphatic carbocycles. The van der Waals surface area contributed by atoms with Gasteiger partial charge in [0, 0.05) is 27.1 Å². The molecule has 9 nitrogen and oxygen atoms in total. The van der Waals surface area contributed by atoms with Crippen molar-refractivity contribution in [3.05, 3.63) is 107 Å². The van der Waals surface area contributed by atoms with Crippen molar-refractivity contribution in [2.45, 2.75) is 32.8 Å². The van der Waals surface area contributed by atoms with Crippen molar-refractivity contribution in [1.29, 1.82) is 5.26 Å². The van der Waals surface area contributed by atoms with Gasteiger partial charge in [0.2, 0.25) is 5.75 Å². The van der Waals surface area contributed by atoms with Crippen LogP contribution in [0.15, 0.2) is 73.4 Å². The number of ether oxygens (including phenoxy) is 1. The van der Waals surface area contributed by atoms with E-state index < -0.39 is 10.3 Å². The molecule has 0 atom stereocenters. The van der Waals surface area contributed by atoms with Crippen molar-refractivity contribution in [2.24, 2.45) is 5.10 Å².